The van der Waals surface area contributed by atoms with Crippen molar-refractivity contribution in [1.29, 1.82) is 0 Å². The van der Waals surface area contributed by atoms with Gasteiger partial charge < -0.3 is 10.6 Å². The van der Waals surface area contributed by atoms with E-state index in [0.29, 0.717) is 6.54 Å². The molecule has 0 aliphatic carbocycles. The monoisotopic (exact) mass is 399 g/mol. The van der Waals surface area contributed by atoms with Crippen LogP contribution in [0.1, 0.15) is 49.5 Å². The number of amides is 2. The summed E-state index contributed by atoms with van der Waals surface area (Å²) in [5, 5.41) is 9.85. The van der Waals surface area contributed by atoms with E-state index in [1.807, 2.05) is 29.0 Å². The minimum atomic E-state index is -0.00357. The minimum Gasteiger partial charge on any atom is -0.349 e. The van der Waals surface area contributed by atoms with Gasteiger partial charge in [-0.25, -0.2) is 0 Å². The van der Waals surface area contributed by atoms with E-state index in [1.54, 1.807) is 0 Å². The first-order valence-corrected chi connectivity index (χ1v) is 10.7. The molecular weight excluding hydrogens is 370 g/mol. The Morgan fingerprint density at radius 3 is 2.36 bits per heavy atom. The van der Waals surface area contributed by atoms with Crippen molar-refractivity contribution >= 4 is 28.8 Å². The lowest BCUT2D eigenvalue weighted by molar-refractivity contribution is -0.117. The Labute approximate surface area is 171 Å². The summed E-state index contributed by atoms with van der Waals surface area (Å²) in [5.41, 5.74) is 2.91. The number of rotatable bonds is 5. The first kappa shape index (κ1) is 20.6. The van der Waals surface area contributed by atoms with Crippen molar-refractivity contribution in [3.8, 4) is 0 Å². The van der Waals surface area contributed by atoms with E-state index in [9.17, 15) is 9.59 Å². The maximum Gasteiger partial charge on any atom is 0.252 e. The lowest BCUT2D eigenvalue weighted by atomic mass is 9.87. The van der Waals surface area contributed by atoms with Crippen molar-refractivity contribution in [3.05, 3.63) is 52.2 Å². The van der Waals surface area contributed by atoms with Crippen molar-refractivity contribution < 1.29 is 9.59 Å². The molecule has 1 aliphatic heterocycles. The molecule has 5 nitrogen and oxygen atoms in total. The predicted octanol–water partition coefficient (Wildman–Crippen LogP) is 3.88. The number of benzene rings is 1. The maximum absolute atomic E-state index is 12.4. The molecule has 2 aromatic rings. The third-order valence-corrected chi connectivity index (χ3v) is 5.79. The molecule has 2 heterocycles. The third kappa shape index (κ3) is 5.66. The Kier molecular flexibility index (Phi) is 6.52. The lowest BCUT2D eigenvalue weighted by Gasteiger charge is -2.31. The standard InChI is InChI=1S/C22H29N3O2S/c1-22(2,3)17-4-6-18(7-5-17)23-20(26)14-25-11-8-19(9-12-25)24-21(27)16-10-13-28-15-16/h4-7,10,13,15,19H,8-9,11-12,14H2,1-3H3,(H,23,26)(H,24,27). The Hall–Kier alpha value is -2.18. The van der Waals surface area contributed by atoms with Crippen LogP contribution in [0.15, 0.2) is 41.1 Å². The molecule has 3 rings (SSSR count). The summed E-state index contributed by atoms with van der Waals surface area (Å²) in [6.07, 6.45) is 1.73. The quantitative estimate of drug-likeness (QED) is 0.802. The second-order valence-corrected chi connectivity index (χ2v) is 9.19. The van der Waals surface area contributed by atoms with Crippen molar-refractivity contribution in [3.63, 3.8) is 0 Å². The summed E-state index contributed by atoms with van der Waals surface area (Å²) >= 11 is 1.53. The number of anilines is 1. The van der Waals surface area contributed by atoms with Crippen LogP contribution in [0.2, 0.25) is 0 Å². The van der Waals surface area contributed by atoms with Gasteiger partial charge in [0.1, 0.15) is 0 Å². The van der Waals surface area contributed by atoms with Gasteiger partial charge in [0.05, 0.1) is 6.54 Å². The summed E-state index contributed by atoms with van der Waals surface area (Å²) < 4.78 is 0. The number of carbonyl (C=O) groups is 2. The van der Waals surface area contributed by atoms with Crippen LogP contribution in [0.3, 0.4) is 0 Å². The van der Waals surface area contributed by atoms with Crippen LogP contribution < -0.4 is 10.6 Å². The van der Waals surface area contributed by atoms with Crippen LogP contribution in [-0.2, 0) is 10.2 Å². The molecule has 0 bridgehead atoms. The zero-order valence-electron chi connectivity index (χ0n) is 16.8. The average Bonchev–Trinajstić information content (AvgIpc) is 3.18. The van der Waals surface area contributed by atoms with E-state index in [0.717, 1.165) is 37.2 Å². The highest BCUT2D eigenvalue weighted by atomic mass is 32.1. The number of nitrogens with zero attached hydrogens (tertiary/aromatic N) is 1. The van der Waals surface area contributed by atoms with Gasteiger partial charge in [-0.15, -0.1) is 0 Å². The fraction of sp³-hybridized carbons (Fsp3) is 0.455. The zero-order chi connectivity index (χ0) is 20.1. The number of carbonyl (C=O) groups excluding carboxylic acids is 2. The molecule has 6 heteroatoms. The Morgan fingerprint density at radius 2 is 1.79 bits per heavy atom. The van der Waals surface area contributed by atoms with Crippen molar-refractivity contribution in [2.24, 2.45) is 0 Å². The normalized spacial score (nSPS) is 16.0. The van der Waals surface area contributed by atoms with Gasteiger partial charge in [0.15, 0.2) is 0 Å². The van der Waals surface area contributed by atoms with E-state index in [2.05, 4.69) is 48.4 Å². The lowest BCUT2D eigenvalue weighted by Crippen LogP contribution is -2.46. The molecule has 0 atom stereocenters. The first-order chi connectivity index (χ1) is 13.3. The molecular formula is C22H29N3O2S. The summed E-state index contributed by atoms with van der Waals surface area (Å²) in [5.74, 6) is 0.000383. The summed E-state index contributed by atoms with van der Waals surface area (Å²) in [6, 6.07) is 10.1. The molecule has 0 spiro atoms. The fourth-order valence-electron chi connectivity index (χ4n) is 3.35. The zero-order valence-corrected chi connectivity index (χ0v) is 17.6. The first-order valence-electron chi connectivity index (χ1n) is 9.77. The second-order valence-electron chi connectivity index (χ2n) is 8.41. The van der Waals surface area contributed by atoms with Crippen molar-refractivity contribution in [2.45, 2.75) is 45.1 Å². The van der Waals surface area contributed by atoms with Gasteiger partial charge in [-0.05, 0) is 47.4 Å². The molecule has 0 saturated carbocycles. The van der Waals surface area contributed by atoms with E-state index in [4.69, 9.17) is 0 Å². The largest absolute Gasteiger partial charge is 0.349 e. The summed E-state index contributed by atoms with van der Waals surface area (Å²) in [6.45, 7) is 8.52. The van der Waals surface area contributed by atoms with E-state index in [1.165, 1.54) is 16.9 Å². The van der Waals surface area contributed by atoms with Gasteiger partial charge in [-0.1, -0.05) is 32.9 Å². The Balaban J connectivity index is 1.42. The van der Waals surface area contributed by atoms with Crippen molar-refractivity contribution in [1.82, 2.24) is 10.2 Å². The number of hydrogen-bond donors (Lipinski definition) is 2. The van der Waals surface area contributed by atoms with Crippen LogP contribution in [0.5, 0.6) is 0 Å². The van der Waals surface area contributed by atoms with Gasteiger partial charge in [0.2, 0.25) is 5.91 Å². The number of piperidine rings is 1. The minimum absolute atomic E-state index is 0.00357. The SMILES string of the molecule is CC(C)(C)c1ccc(NC(=O)CN2CCC(NC(=O)c3ccsc3)CC2)cc1. The Morgan fingerprint density at radius 1 is 1.11 bits per heavy atom. The van der Waals surface area contributed by atoms with Crippen LogP contribution in [-0.4, -0.2) is 42.4 Å². The number of hydrogen-bond acceptors (Lipinski definition) is 4. The molecule has 150 valence electrons. The smallest absolute Gasteiger partial charge is 0.252 e. The van der Waals surface area contributed by atoms with Crippen LogP contribution in [0.25, 0.3) is 0 Å². The van der Waals surface area contributed by atoms with E-state index < -0.39 is 0 Å². The molecule has 0 unspecified atom stereocenters. The van der Waals surface area contributed by atoms with Gasteiger partial charge in [-0.3, -0.25) is 14.5 Å². The molecule has 28 heavy (non-hydrogen) atoms. The molecule has 2 N–H and O–H groups in total. The maximum atomic E-state index is 12.4. The molecule has 1 aliphatic rings. The second kappa shape index (κ2) is 8.88. The van der Waals surface area contributed by atoms with Gasteiger partial charge in [-0.2, -0.15) is 11.3 Å². The van der Waals surface area contributed by atoms with E-state index in [-0.39, 0.29) is 23.3 Å². The van der Waals surface area contributed by atoms with Gasteiger partial charge in [0.25, 0.3) is 5.91 Å². The predicted molar refractivity (Wildman–Crippen MR) is 115 cm³/mol. The molecule has 1 aromatic carbocycles. The highest BCUT2D eigenvalue weighted by Crippen LogP contribution is 2.23. The summed E-state index contributed by atoms with van der Waals surface area (Å²) in [7, 11) is 0. The van der Waals surface area contributed by atoms with Gasteiger partial charge >= 0.3 is 0 Å². The van der Waals surface area contributed by atoms with Crippen LogP contribution in [0, 0.1) is 0 Å². The average molecular weight is 400 g/mol. The van der Waals surface area contributed by atoms with Crippen LogP contribution >= 0.6 is 11.3 Å². The summed E-state index contributed by atoms with van der Waals surface area (Å²) in [4.78, 5) is 26.6. The van der Waals surface area contributed by atoms with Crippen molar-refractivity contribution in [2.75, 3.05) is 25.0 Å². The number of thiophene rings is 1. The van der Waals surface area contributed by atoms with Gasteiger partial charge in [0, 0.05) is 35.8 Å². The van der Waals surface area contributed by atoms with Crippen LogP contribution in [0.4, 0.5) is 5.69 Å². The molecule has 1 fully saturated rings. The number of likely N-dealkylation sites (tertiary alicyclic amines) is 1. The van der Waals surface area contributed by atoms with E-state index >= 15 is 0 Å². The molecule has 2 amide bonds. The third-order valence-electron chi connectivity index (χ3n) is 5.11. The molecule has 1 saturated heterocycles. The number of nitrogens with one attached hydrogen (secondary N) is 2. The topological polar surface area (TPSA) is 61.4 Å². The molecule has 0 radical (unpaired) electrons. The highest BCUT2D eigenvalue weighted by molar-refractivity contribution is 7.08. The Bertz CT molecular complexity index is 786. The fourth-order valence-corrected chi connectivity index (χ4v) is 3.99. The molecule has 1 aromatic heterocycles. The highest BCUT2D eigenvalue weighted by Gasteiger charge is 2.22.